The number of alkyl halides is 2. The molecule has 1 saturated carbocycles. The van der Waals surface area contributed by atoms with Gasteiger partial charge in [0.15, 0.2) is 0 Å². The van der Waals surface area contributed by atoms with E-state index in [1.54, 1.807) is 4.90 Å². The van der Waals surface area contributed by atoms with Crippen LogP contribution in [0.25, 0.3) is 0 Å². The molecule has 4 rings (SSSR count). The van der Waals surface area contributed by atoms with Crippen LogP contribution in [-0.2, 0) is 16.6 Å². The van der Waals surface area contributed by atoms with E-state index in [2.05, 4.69) is 22.8 Å². The molecule has 1 saturated heterocycles. The minimum atomic E-state index is -3.13. The number of piperidine rings is 1. The number of carbonyl (C=O) groups is 2. The average molecular weight is 430 g/mol. The molecule has 2 fully saturated rings. The van der Waals surface area contributed by atoms with Crippen LogP contribution in [0.15, 0.2) is 24.3 Å². The summed E-state index contributed by atoms with van der Waals surface area (Å²) in [6.45, 7) is 1.75. The van der Waals surface area contributed by atoms with Crippen molar-refractivity contribution in [2.45, 2.75) is 74.8 Å². The first-order chi connectivity index (χ1) is 14.7. The largest absolute Gasteiger partial charge is 0.336 e. The zero-order valence-corrected chi connectivity index (χ0v) is 17.7. The lowest BCUT2D eigenvalue weighted by Gasteiger charge is -2.40. The number of likely N-dealkylation sites (tertiary alicyclic amines) is 1. The lowest BCUT2D eigenvalue weighted by Crippen LogP contribution is -2.56. The molecule has 3 aliphatic rings. The molecule has 1 aliphatic heterocycles. The lowest BCUT2D eigenvalue weighted by atomic mass is 9.74. The highest BCUT2D eigenvalue weighted by Gasteiger charge is 2.47. The smallest absolute Gasteiger partial charge is 0.318 e. The third-order valence-corrected chi connectivity index (χ3v) is 6.97. The van der Waals surface area contributed by atoms with Gasteiger partial charge in [0.25, 0.3) is 0 Å². The summed E-state index contributed by atoms with van der Waals surface area (Å²) >= 11 is 0. The van der Waals surface area contributed by atoms with Crippen LogP contribution in [0.3, 0.4) is 0 Å². The number of amides is 3. The summed E-state index contributed by atoms with van der Waals surface area (Å²) in [7, 11) is 0. The number of nitriles is 1. The Bertz CT molecular complexity index is 909. The van der Waals surface area contributed by atoms with Gasteiger partial charge in [0.2, 0.25) is 11.8 Å². The number of benzene rings is 1. The molecule has 6 nitrogen and oxygen atoms in total. The number of nitrogens with one attached hydrogen (secondary N) is 2. The Morgan fingerprint density at radius 1 is 1.19 bits per heavy atom. The first-order valence-corrected chi connectivity index (χ1v) is 10.9. The molecule has 166 valence electrons. The van der Waals surface area contributed by atoms with E-state index in [9.17, 15) is 18.4 Å². The third kappa shape index (κ3) is 4.51. The molecule has 2 N–H and O–H groups in total. The van der Waals surface area contributed by atoms with Crippen molar-refractivity contribution < 1.29 is 18.4 Å². The third-order valence-electron chi connectivity index (χ3n) is 6.97. The monoisotopic (exact) mass is 430 g/mol. The number of aryl methyl sites for hydroxylation is 1. The highest BCUT2D eigenvalue weighted by molar-refractivity contribution is 5.88. The van der Waals surface area contributed by atoms with Gasteiger partial charge in [-0.05, 0) is 62.0 Å². The quantitative estimate of drug-likeness (QED) is 0.752. The Morgan fingerprint density at radius 3 is 2.48 bits per heavy atom. The first kappa shape index (κ1) is 21.5. The molecule has 1 atom stereocenters. The van der Waals surface area contributed by atoms with Crippen molar-refractivity contribution in [1.82, 2.24) is 15.5 Å². The second-order valence-corrected chi connectivity index (χ2v) is 9.38. The van der Waals surface area contributed by atoms with Crippen LogP contribution in [0.5, 0.6) is 0 Å². The molecule has 0 unspecified atom stereocenters. The van der Waals surface area contributed by atoms with Crippen molar-refractivity contribution in [3.8, 4) is 6.07 Å². The van der Waals surface area contributed by atoms with Crippen molar-refractivity contribution in [3.63, 3.8) is 0 Å². The zero-order chi connectivity index (χ0) is 22.3. The van der Waals surface area contributed by atoms with E-state index in [1.807, 2.05) is 18.2 Å². The van der Waals surface area contributed by atoms with Crippen LogP contribution in [0.2, 0.25) is 0 Å². The molecule has 3 amide bonds. The van der Waals surface area contributed by atoms with Crippen molar-refractivity contribution in [2.24, 2.45) is 0 Å². The van der Waals surface area contributed by atoms with Gasteiger partial charge in [-0.2, -0.15) is 5.26 Å². The van der Waals surface area contributed by atoms with Gasteiger partial charge in [0.1, 0.15) is 11.6 Å². The summed E-state index contributed by atoms with van der Waals surface area (Å²) in [6, 6.07) is 8.54. The Balaban J connectivity index is 1.39. The van der Waals surface area contributed by atoms with Crippen LogP contribution in [0.4, 0.5) is 13.6 Å². The second kappa shape index (κ2) is 7.77. The molecule has 1 heterocycles. The van der Waals surface area contributed by atoms with Crippen molar-refractivity contribution in [3.05, 3.63) is 35.4 Å². The zero-order valence-electron chi connectivity index (χ0n) is 17.7. The molecule has 1 spiro atoms. The molecule has 1 aromatic carbocycles. The molecule has 2 aliphatic carbocycles. The minimum absolute atomic E-state index is 0.0751. The van der Waals surface area contributed by atoms with E-state index in [0.717, 1.165) is 32.6 Å². The van der Waals surface area contributed by atoms with E-state index in [0.29, 0.717) is 25.9 Å². The summed E-state index contributed by atoms with van der Waals surface area (Å²) in [6.07, 6.45) is 3.91. The summed E-state index contributed by atoms with van der Waals surface area (Å²) in [4.78, 5) is 27.0. The average Bonchev–Trinajstić information content (AvgIpc) is 3.42. The number of hydrogen-bond acceptors (Lipinski definition) is 3. The van der Waals surface area contributed by atoms with E-state index >= 15 is 0 Å². The van der Waals surface area contributed by atoms with Gasteiger partial charge in [-0.15, -0.1) is 0 Å². The number of carbonyl (C=O) groups excluding carboxylic acids is 2. The van der Waals surface area contributed by atoms with Gasteiger partial charge in [0, 0.05) is 19.5 Å². The van der Waals surface area contributed by atoms with Gasteiger partial charge in [0.05, 0.1) is 6.07 Å². The van der Waals surface area contributed by atoms with Crippen LogP contribution >= 0.6 is 0 Å². The fourth-order valence-corrected chi connectivity index (χ4v) is 4.94. The molecular formula is C23H28F2N4O2. The van der Waals surface area contributed by atoms with E-state index in [1.165, 1.54) is 11.1 Å². The summed E-state index contributed by atoms with van der Waals surface area (Å²) in [5.41, 5.74) is 1.83. The molecule has 31 heavy (non-hydrogen) atoms. The van der Waals surface area contributed by atoms with Gasteiger partial charge in [-0.1, -0.05) is 24.3 Å². The topological polar surface area (TPSA) is 85.2 Å². The minimum Gasteiger partial charge on any atom is -0.336 e. The fourth-order valence-electron chi connectivity index (χ4n) is 4.94. The van der Waals surface area contributed by atoms with Crippen LogP contribution in [-0.4, -0.2) is 47.4 Å². The maximum absolute atomic E-state index is 13.7. The molecular weight excluding hydrogens is 402 g/mol. The Morgan fingerprint density at radius 2 is 1.87 bits per heavy atom. The predicted molar refractivity (Wildman–Crippen MR) is 111 cm³/mol. The number of nitrogens with zero attached hydrogens (tertiary/aromatic N) is 2. The highest BCUT2D eigenvalue weighted by Crippen LogP contribution is 2.46. The fraction of sp³-hybridized carbons (Fsp3) is 0.609. The van der Waals surface area contributed by atoms with Gasteiger partial charge in [-0.25, -0.2) is 13.6 Å². The number of hydrogen-bond donors (Lipinski definition) is 2. The van der Waals surface area contributed by atoms with E-state index in [-0.39, 0.29) is 5.41 Å². The van der Waals surface area contributed by atoms with Gasteiger partial charge < -0.3 is 15.5 Å². The lowest BCUT2D eigenvalue weighted by molar-refractivity contribution is -0.126. The molecule has 1 aromatic rings. The van der Waals surface area contributed by atoms with Gasteiger partial charge in [-0.3, -0.25) is 4.79 Å². The normalized spacial score (nSPS) is 21.7. The maximum atomic E-state index is 13.7. The summed E-state index contributed by atoms with van der Waals surface area (Å²) in [5.74, 6) is -3.86. The van der Waals surface area contributed by atoms with Crippen molar-refractivity contribution in [2.75, 3.05) is 13.1 Å². The van der Waals surface area contributed by atoms with Crippen LogP contribution < -0.4 is 10.6 Å². The maximum Gasteiger partial charge on any atom is 0.318 e. The molecule has 8 heteroatoms. The predicted octanol–water partition coefficient (Wildman–Crippen LogP) is 3.26. The van der Waals surface area contributed by atoms with E-state index < -0.39 is 35.9 Å². The first-order valence-electron chi connectivity index (χ1n) is 10.9. The van der Waals surface area contributed by atoms with Crippen molar-refractivity contribution >= 4 is 11.9 Å². The molecule has 0 radical (unpaired) electrons. The number of urea groups is 1. The number of rotatable bonds is 5. The van der Waals surface area contributed by atoms with Crippen molar-refractivity contribution in [1.29, 1.82) is 5.26 Å². The Labute approximate surface area is 181 Å². The van der Waals surface area contributed by atoms with E-state index in [4.69, 9.17) is 5.26 Å². The molecule has 0 aromatic heterocycles. The number of halogens is 2. The standard InChI is InChI=1S/C23H28F2N4O2/c1-21(24,25)14-18(19(30)28-23(15-26)8-9-23)27-20(31)29-12-10-22(11-13-29)7-6-16-4-2-3-5-17(16)22/h2-5,18H,6-14H2,1H3,(H,27,31)(H,28,30)/t18-/m0/s1. The highest BCUT2D eigenvalue weighted by atomic mass is 19.3. The summed E-state index contributed by atoms with van der Waals surface area (Å²) in [5, 5.41) is 14.2. The Kier molecular flexibility index (Phi) is 5.40. The molecule has 0 bridgehead atoms. The van der Waals surface area contributed by atoms with Crippen LogP contribution in [0, 0.1) is 11.3 Å². The van der Waals surface area contributed by atoms with Crippen LogP contribution in [0.1, 0.15) is 56.6 Å². The van der Waals surface area contributed by atoms with Gasteiger partial charge >= 0.3 is 6.03 Å². The second-order valence-electron chi connectivity index (χ2n) is 9.38. The Hall–Kier alpha value is -2.69. The SMILES string of the molecule is CC(F)(F)C[C@H](NC(=O)N1CCC2(CCc3ccccc32)CC1)C(=O)NC1(C#N)CC1. The summed E-state index contributed by atoms with van der Waals surface area (Å²) < 4.78 is 27.4. The number of fused-ring (bicyclic) bond motifs is 2.